The smallest absolute Gasteiger partial charge is 0.408 e. The molecule has 0 aliphatic heterocycles. The van der Waals surface area contributed by atoms with Crippen LogP contribution < -0.4 is 21.7 Å². The summed E-state index contributed by atoms with van der Waals surface area (Å²) in [5.41, 5.74) is 5.47. The van der Waals surface area contributed by atoms with Crippen molar-refractivity contribution in [3.63, 3.8) is 0 Å². The van der Waals surface area contributed by atoms with Gasteiger partial charge in [-0.05, 0) is 64.7 Å². The van der Waals surface area contributed by atoms with Crippen molar-refractivity contribution in [2.75, 3.05) is 0 Å². The second-order valence-electron chi connectivity index (χ2n) is 10.8. The van der Waals surface area contributed by atoms with E-state index in [1.54, 1.807) is 0 Å². The van der Waals surface area contributed by atoms with Crippen LogP contribution in [0.4, 0.5) is 4.79 Å². The Morgan fingerprint density at radius 2 is 1.46 bits per heavy atom. The zero-order valence-corrected chi connectivity index (χ0v) is 24.1. The topological polar surface area (TPSA) is 234 Å². The summed E-state index contributed by atoms with van der Waals surface area (Å²) < 4.78 is 5.17. The largest absolute Gasteiger partial charge is 0.480 e. The Morgan fingerprint density at radius 3 is 2.00 bits per heavy atom. The van der Waals surface area contributed by atoms with Gasteiger partial charge in [0.1, 0.15) is 24.2 Å². The van der Waals surface area contributed by atoms with Gasteiger partial charge >= 0.3 is 24.0 Å². The maximum atomic E-state index is 12.8. The molecule has 0 bridgehead atoms. The monoisotopic (exact) mass is 586 g/mol. The number of carboxylic acid groups (broad SMARTS) is 3. The third-order valence-corrected chi connectivity index (χ3v) is 7.42. The number of alkyl carbamates (subject to hydrolysis) is 1. The van der Waals surface area contributed by atoms with E-state index in [-0.39, 0.29) is 25.2 Å². The first-order valence-electron chi connectivity index (χ1n) is 14.3. The fourth-order valence-corrected chi connectivity index (χ4v) is 4.77. The van der Waals surface area contributed by atoms with Crippen LogP contribution in [0.5, 0.6) is 0 Å². The van der Waals surface area contributed by atoms with Gasteiger partial charge in [0.25, 0.3) is 0 Å². The molecular formula is C27H46N4O10. The molecule has 14 nitrogen and oxygen atoms in total. The highest BCUT2D eigenvalue weighted by Gasteiger charge is 2.34. The molecule has 1 aliphatic carbocycles. The van der Waals surface area contributed by atoms with Crippen LogP contribution in [0.2, 0.25) is 0 Å². The fourth-order valence-electron chi connectivity index (χ4n) is 4.77. The van der Waals surface area contributed by atoms with Gasteiger partial charge in [0, 0.05) is 5.92 Å². The molecule has 0 heterocycles. The third-order valence-electron chi connectivity index (χ3n) is 7.42. The molecule has 0 spiro atoms. The maximum Gasteiger partial charge on any atom is 0.408 e. The number of rotatable bonds is 18. The van der Waals surface area contributed by atoms with E-state index in [0.717, 1.165) is 32.1 Å². The van der Waals surface area contributed by atoms with Gasteiger partial charge in [-0.3, -0.25) is 19.2 Å². The van der Waals surface area contributed by atoms with Crippen molar-refractivity contribution < 1.29 is 48.8 Å². The Bertz CT molecular complexity index is 907. The van der Waals surface area contributed by atoms with E-state index in [4.69, 9.17) is 20.7 Å². The number of ether oxygens (including phenoxy) is 1. The van der Waals surface area contributed by atoms with Crippen LogP contribution in [-0.4, -0.2) is 81.4 Å². The van der Waals surface area contributed by atoms with E-state index in [0.29, 0.717) is 18.8 Å². The van der Waals surface area contributed by atoms with Gasteiger partial charge in [0.2, 0.25) is 11.8 Å². The van der Waals surface area contributed by atoms with Crippen LogP contribution in [0.1, 0.15) is 91.4 Å². The Hall–Kier alpha value is -3.42. The highest BCUT2D eigenvalue weighted by molar-refractivity contribution is 5.89. The molecule has 0 radical (unpaired) electrons. The van der Waals surface area contributed by atoms with E-state index in [9.17, 15) is 33.9 Å². The number of nitrogens with two attached hydrogens (primary N) is 1. The zero-order valence-electron chi connectivity index (χ0n) is 24.1. The summed E-state index contributed by atoms with van der Waals surface area (Å²) in [6, 6.07) is -5.33. The average Bonchev–Trinajstić information content (AvgIpc) is 2.90. The van der Waals surface area contributed by atoms with Crippen LogP contribution in [0.3, 0.4) is 0 Å². The molecule has 1 aliphatic rings. The number of nitrogens with one attached hydrogen (secondary N) is 3. The molecule has 14 heteroatoms. The SMILES string of the molecule is CCCCCC1CCC(C(=O)N[C@@H](C(=O)O)C(C)OC(=O)N[C@@H](CCC[C@@H](N)C(=O)O)C(=O)N[C@H](C)C(=O)O)CC1. The molecule has 41 heavy (non-hydrogen) atoms. The van der Waals surface area contributed by atoms with Crippen LogP contribution in [-0.2, 0) is 28.7 Å². The number of unbranched alkanes of at least 4 members (excludes halogenated alkanes) is 2. The summed E-state index contributed by atoms with van der Waals surface area (Å²) in [5, 5.41) is 34.6. The minimum Gasteiger partial charge on any atom is -0.480 e. The standard InChI is InChI=1S/C27H46N4O10/c1-4-5-6-8-17-11-13-18(14-12-17)22(32)31-21(26(38)39)16(3)41-27(40)30-20(10-7-9-19(28)25(36)37)23(33)29-15(2)24(34)35/h15-21H,4-14,28H2,1-3H3,(H,29,33)(H,30,40)(H,31,32)(H,34,35)(H,36,37)(H,38,39)/t15-,16?,17?,18?,19-,20+,21-/m1/s1. The molecule has 1 rings (SSSR count). The number of hydrogen-bond acceptors (Lipinski definition) is 8. The summed E-state index contributed by atoms with van der Waals surface area (Å²) in [6.45, 7) is 4.65. The van der Waals surface area contributed by atoms with Gasteiger partial charge in [0.05, 0.1) is 0 Å². The molecule has 0 aromatic carbocycles. The van der Waals surface area contributed by atoms with Gasteiger partial charge in [-0.2, -0.15) is 0 Å². The first-order chi connectivity index (χ1) is 19.3. The number of carboxylic acids is 3. The molecule has 0 saturated heterocycles. The molecule has 1 fully saturated rings. The lowest BCUT2D eigenvalue weighted by Gasteiger charge is -2.30. The van der Waals surface area contributed by atoms with Gasteiger partial charge in [0.15, 0.2) is 6.04 Å². The summed E-state index contributed by atoms with van der Waals surface area (Å²) in [7, 11) is 0. The van der Waals surface area contributed by atoms with Crippen molar-refractivity contribution >= 4 is 35.8 Å². The van der Waals surface area contributed by atoms with Crippen molar-refractivity contribution in [2.45, 2.75) is 122 Å². The quantitative estimate of drug-likeness (QED) is 0.114. The Labute approximate surface area is 240 Å². The second-order valence-corrected chi connectivity index (χ2v) is 10.8. The maximum absolute atomic E-state index is 12.8. The lowest BCUT2D eigenvalue weighted by molar-refractivity contribution is -0.145. The summed E-state index contributed by atoms with van der Waals surface area (Å²) in [4.78, 5) is 72.0. The molecule has 234 valence electrons. The van der Waals surface area contributed by atoms with E-state index in [1.165, 1.54) is 20.3 Å². The Morgan fingerprint density at radius 1 is 0.829 bits per heavy atom. The van der Waals surface area contributed by atoms with E-state index in [2.05, 4.69) is 22.9 Å². The Balaban J connectivity index is 2.75. The fraction of sp³-hybridized carbons (Fsp3) is 0.778. The molecular weight excluding hydrogens is 540 g/mol. The summed E-state index contributed by atoms with van der Waals surface area (Å²) >= 11 is 0. The number of carbonyl (C=O) groups excluding carboxylic acids is 3. The lowest BCUT2D eigenvalue weighted by atomic mass is 9.79. The average molecular weight is 587 g/mol. The van der Waals surface area contributed by atoms with Crippen molar-refractivity contribution in [2.24, 2.45) is 17.6 Å². The molecule has 0 aromatic heterocycles. The first-order valence-corrected chi connectivity index (χ1v) is 14.3. The van der Waals surface area contributed by atoms with E-state index < -0.39 is 66.1 Å². The molecule has 1 unspecified atom stereocenters. The normalized spacial score (nSPS) is 20.4. The van der Waals surface area contributed by atoms with Gasteiger partial charge in [-0.15, -0.1) is 0 Å². The van der Waals surface area contributed by atoms with Crippen molar-refractivity contribution in [3.05, 3.63) is 0 Å². The minimum atomic E-state index is -1.54. The molecule has 0 aromatic rings. The lowest BCUT2D eigenvalue weighted by Crippen LogP contribution is -2.54. The van der Waals surface area contributed by atoms with Crippen LogP contribution >= 0.6 is 0 Å². The van der Waals surface area contributed by atoms with Gasteiger partial charge < -0.3 is 41.7 Å². The second kappa shape index (κ2) is 18.1. The van der Waals surface area contributed by atoms with Gasteiger partial charge in [-0.25, -0.2) is 9.59 Å². The minimum absolute atomic E-state index is 0.0193. The molecule has 3 amide bonds. The van der Waals surface area contributed by atoms with E-state index >= 15 is 0 Å². The zero-order chi connectivity index (χ0) is 31.1. The highest BCUT2D eigenvalue weighted by Crippen LogP contribution is 2.32. The van der Waals surface area contributed by atoms with Crippen LogP contribution in [0.15, 0.2) is 0 Å². The first kappa shape index (κ1) is 35.6. The van der Waals surface area contributed by atoms with Crippen LogP contribution in [0.25, 0.3) is 0 Å². The summed E-state index contributed by atoms with van der Waals surface area (Å²) in [6.07, 6.45) is 5.21. The van der Waals surface area contributed by atoms with Crippen LogP contribution in [0, 0.1) is 11.8 Å². The van der Waals surface area contributed by atoms with Crippen molar-refractivity contribution in [1.82, 2.24) is 16.0 Å². The third kappa shape index (κ3) is 13.2. The van der Waals surface area contributed by atoms with Crippen molar-refractivity contribution in [3.8, 4) is 0 Å². The summed E-state index contributed by atoms with van der Waals surface area (Å²) in [5.74, 6) is -5.01. The number of hydrogen-bond donors (Lipinski definition) is 7. The van der Waals surface area contributed by atoms with E-state index in [1.807, 2.05) is 0 Å². The predicted octanol–water partition coefficient (Wildman–Crippen LogP) is 1.60. The van der Waals surface area contributed by atoms with Crippen molar-refractivity contribution in [1.29, 1.82) is 0 Å². The molecule has 1 saturated carbocycles. The van der Waals surface area contributed by atoms with Gasteiger partial charge in [-0.1, -0.05) is 32.6 Å². The number of amides is 3. The molecule has 5 atom stereocenters. The number of aliphatic carboxylic acids is 3. The molecule has 8 N–H and O–H groups in total. The highest BCUT2D eigenvalue weighted by atomic mass is 16.6. The Kier molecular flexibility index (Phi) is 15.7. The predicted molar refractivity (Wildman–Crippen MR) is 147 cm³/mol. The number of carbonyl (C=O) groups is 6.